The van der Waals surface area contributed by atoms with Gasteiger partial charge in [-0.25, -0.2) is 9.18 Å². The molecule has 10 heteroatoms. The number of nitrogens with zero attached hydrogens (tertiary/aromatic N) is 2. The zero-order valence-corrected chi connectivity index (χ0v) is 25.2. The smallest absolute Gasteiger partial charge is 0.354 e. The quantitative estimate of drug-likeness (QED) is 0.0702. The lowest BCUT2D eigenvalue weighted by Crippen LogP contribution is -2.34. The van der Waals surface area contributed by atoms with Gasteiger partial charge >= 0.3 is 5.69 Å². The number of H-pyrrole nitrogens is 1. The number of aromatic amines is 1. The molecule has 2 atom stereocenters. The van der Waals surface area contributed by atoms with Gasteiger partial charge in [-0.3, -0.25) is 9.98 Å². The van der Waals surface area contributed by atoms with Crippen molar-refractivity contribution in [3.8, 4) is 16.9 Å². The predicted octanol–water partition coefficient (Wildman–Crippen LogP) is 5.85. The van der Waals surface area contributed by atoms with E-state index < -0.39 is 11.5 Å². The number of aryl methyl sites for hydroxylation is 1. The summed E-state index contributed by atoms with van der Waals surface area (Å²) < 4.78 is 16.6. The summed E-state index contributed by atoms with van der Waals surface area (Å²) in [4.78, 5) is 20.3. The number of amidine groups is 1. The molecule has 0 aliphatic heterocycles. The second kappa shape index (κ2) is 13.7. The van der Waals surface area contributed by atoms with Crippen molar-refractivity contribution >= 4 is 28.5 Å². The third-order valence-electron chi connectivity index (χ3n) is 8.01. The minimum Gasteiger partial charge on any atom is -0.374 e. The summed E-state index contributed by atoms with van der Waals surface area (Å²) >= 11 is 6.26. The van der Waals surface area contributed by atoms with Crippen LogP contribution in [0.1, 0.15) is 50.2 Å². The lowest BCUT2D eigenvalue weighted by Gasteiger charge is -2.19. The topological polar surface area (TPSA) is 125 Å². The van der Waals surface area contributed by atoms with Crippen molar-refractivity contribution in [1.82, 2.24) is 25.2 Å². The maximum Gasteiger partial charge on any atom is 0.354 e. The van der Waals surface area contributed by atoms with Crippen LogP contribution in [-0.4, -0.2) is 39.0 Å². The van der Waals surface area contributed by atoms with Gasteiger partial charge in [-0.1, -0.05) is 29.8 Å². The third-order valence-corrected chi connectivity index (χ3v) is 8.29. The summed E-state index contributed by atoms with van der Waals surface area (Å²) in [7, 11) is 0. The molecule has 2 heterocycles. The SMILES string of the molecule is C=C[C@H](N)CCCc1cc(Cl)c(F)c(-c2cc3cn(-c4ccc(CNC(CCNC(C)=N)C5CC5)cc4)c(=O)nc3[nH]2)c1. The van der Waals surface area contributed by atoms with Gasteiger partial charge in [-0.05, 0) is 92.8 Å². The first-order valence-electron chi connectivity index (χ1n) is 14.8. The van der Waals surface area contributed by atoms with Gasteiger partial charge in [-0.15, -0.1) is 6.58 Å². The van der Waals surface area contributed by atoms with Crippen molar-refractivity contribution in [2.75, 3.05) is 6.54 Å². The van der Waals surface area contributed by atoms with E-state index in [9.17, 15) is 4.79 Å². The highest BCUT2D eigenvalue weighted by atomic mass is 35.5. The lowest BCUT2D eigenvalue weighted by molar-refractivity contribution is 0.432. The van der Waals surface area contributed by atoms with Crippen molar-refractivity contribution in [2.24, 2.45) is 11.7 Å². The zero-order chi connectivity index (χ0) is 30.5. The Morgan fingerprint density at radius 1 is 1.26 bits per heavy atom. The van der Waals surface area contributed by atoms with E-state index in [2.05, 4.69) is 27.2 Å². The number of hydrogen-bond donors (Lipinski definition) is 5. The number of aromatic nitrogens is 3. The fourth-order valence-corrected chi connectivity index (χ4v) is 5.65. The van der Waals surface area contributed by atoms with Crippen molar-refractivity contribution in [1.29, 1.82) is 5.41 Å². The van der Waals surface area contributed by atoms with E-state index in [0.29, 0.717) is 52.2 Å². The van der Waals surface area contributed by atoms with Crippen molar-refractivity contribution < 1.29 is 4.39 Å². The normalized spacial score (nSPS) is 14.5. The summed E-state index contributed by atoms with van der Waals surface area (Å²) in [6.45, 7) is 6.99. The van der Waals surface area contributed by atoms with Gasteiger partial charge in [0.15, 0.2) is 5.82 Å². The highest BCUT2D eigenvalue weighted by Gasteiger charge is 2.30. The molecule has 1 aliphatic carbocycles. The summed E-state index contributed by atoms with van der Waals surface area (Å²) in [6, 6.07) is 13.4. The fraction of sp³-hybridized carbons (Fsp3) is 0.364. The fourth-order valence-electron chi connectivity index (χ4n) is 5.41. The van der Waals surface area contributed by atoms with Crippen LogP contribution in [0.5, 0.6) is 0 Å². The monoisotopic (exact) mass is 603 g/mol. The van der Waals surface area contributed by atoms with E-state index in [4.69, 9.17) is 22.7 Å². The minimum absolute atomic E-state index is 0.0443. The molecule has 1 fully saturated rings. The molecule has 2 aromatic carbocycles. The average Bonchev–Trinajstić information content (AvgIpc) is 3.75. The van der Waals surface area contributed by atoms with Gasteiger partial charge in [0.1, 0.15) is 5.65 Å². The molecule has 1 aliphatic rings. The molecule has 1 unspecified atom stereocenters. The summed E-state index contributed by atoms with van der Waals surface area (Å²) in [5, 5.41) is 15.1. The number of nitrogens with two attached hydrogens (primary N) is 1. The standard InChI is InChI=1S/C33H39ClFN7O/c1-3-25(37)6-4-5-22-15-27(31(35)28(34)16-22)30-17-24-19-42(33(43)41-32(24)40-30)26-11-7-21(8-12-26)18-39-29(23-9-10-23)13-14-38-20(2)36/h3,7-8,11-12,15-17,19,23,25,29,39H,1,4-6,9-10,13-14,18,37H2,2H3,(H2,36,38)(H,40,41,43)/t25-,29?/m0/s1. The minimum atomic E-state index is -0.524. The van der Waals surface area contributed by atoms with Gasteiger partial charge in [-0.2, -0.15) is 4.98 Å². The van der Waals surface area contributed by atoms with Crippen molar-refractivity contribution in [3.63, 3.8) is 0 Å². The molecule has 6 N–H and O–H groups in total. The molecule has 5 rings (SSSR count). The average molecular weight is 604 g/mol. The molecule has 1 saturated carbocycles. The number of hydrogen-bond acceptors (Lipinski definition) is 5. The Labute approximate surface area is 256 Å². The van der Waals surface area contributed by atoms with E-state index in [1.807, 2.05) is 24.3 Å². The van der Waals surface area contributed by atoms with Crippen LogP contribution in [0, 0.1) is 17.1 Å². The molecule has 43 heavy (non-hydrogen) atoms. The lowest BCUT2D eigenvalue weighted by atomic mass is 10.0. The number of nitrogens with one attached hydrogen (secondary N) is 4. The van der Waals surface area contributed by atoms with E-state index in [1.54, 1.807) is 37.4 Å². The number of fused-ring (bicyclic) bond motifs is 1. The first-order chi connectivity index (χ1) is 20.7. The number of benzene rings is 2. The Morgan fingerprint density at radius 3 is 2.72 bits per heavy atom. The van der Waals surface area contributed by atoms with E-state index in [0.717, 1.165) is 43.5 Å². The van der Waals surface area contributed by atoms with Crippen LogP contribution < -0.4 is 22.1 Å². The molecule has 0 amide bonds. The Bertz CT molecular complexity index is 1660. The molecular weight excluding hydrogens is 565 g/mol. The summed E-state index contributed by atoms with van der Waals surface area (Å²) in [5.41, 5.74) is 9.44. The van der Waals surface area contributed by atoms with Gasteiger partial charge in [0.25, 0.3) is 0 Å². The molecule has 0 radical (unpaired) electrons. The Hall–Kier alpha value is -3.79. The van der Waals surface area contributed by atoms with Gasteiger partial charge in [0, 0.05) is 42.3 Å². The van der Waals surface area contributed by atoms with Crippen LogP contribution in [0.15, 0.2) is 66.1 Å². The molecule has 2 aromatic heterocycles. The Kier molecular flexibility index (Phi) is 9.75. The molecule has 226 valence electrons. The zero-order valence-electron chi connectivity index (χ0n) is 24.4. The van der Waals surface area contributed by atoms with E-state index in [-0.39, 0.29) is 11.1 Å². The summed E-state index contributed by atoms with van der Waals surface area (Å²) in [6.07, 6.45) is 9.20. The van der Waals surface area contributed by atoms with Crippen LogP contribution >= 0.6 is 11.6 Å². The molecular formula is C33H39ClFN7O. The number of halogens is 2. The molecule has 4 aromatic rings. The second-order valence-corrected chi connectivity index (χ2v) is 11.9. The molecule has 8 nitrogen and oxygen atoms in total. The van der Waals surface area contributed by atoms with Crippen molar-refractivity contribution in [3.05, 3.63) is 93.8 Å². The number of rotatable bonds is 14. The highest BCUT2D eigenvalue weighted by Crippen LogP contribution is 2.34. The Balaban J connectivity index is 1.31. The van der Waals surface area contributed by atoms with Crippen LogP contribution in [0.3, 0.4) is 0 Å². The molecule has 0 spiro atoms. The van der Waals surface area contributed by atoms with Gasteiger partial charge in [0.2, 0.25) is 0 Å². The second-order valence-electron chi connectivity index (χ2n) is 11.4. The maximum atomic E-state index is 15.1. The maximum absolute atomic E-state index is 15.1. The van der Waals surface area contributed by atoms with Crippen LogP contribution in [-0.2, 0) is 13.0 Å². The highest BCUT2D eigenvalue weighted by molar-refractivity contribution is 6.31. The summed E-state index contributed by atoms with van der Waals surface area (Å²) in [5.74, 6) is 0.665. The largest absolute Gasteiger partial charge is 0.374 e. The molecule has 0 bridgehead atoms. The van der Waals surface area contributed by atoms with Crippen molar-refractivity contribution in [2.45, 2.75) is 64.1 Å². The van der Waals surface area contributed by atoms with Crippen LogP contribution in [0.2, 0.25) is 5.02 Å². The van der Waals surface area contributed by atoms with Gasteiger partial charge in [0.05, 0.1) is 22.2 Å². The van der Waals surface area contributed by atoms with E-state index in [1.165, 1.54) is 17.4 Å². The predicted molar refractivity (Wildman–Crippen MR) is 173 cm³/mol. The first-order valence-corrected chi connectivity index (χ1v) is 15.2. The van der Waals surface area contributed by atoms with Crippen LogP contribution in [0.25, 0.3) is 28.0 Å². The third kappa shape index (κ3) is 7.79. The van der Waals surface area contributed by atoms with Gasteiger partial charge < -0.3 is 21.4 Å². The van der Waals surface area contributed by atoms with E-state index >= 15 is 4.39 Å². The molecule has 0 saturated heterocycles. The first kappa shape index (κ1) is 30.7. The Morgan fingerprint density at radius 2 is 2.02 bits per heavy atom. The van der Waals surface area contributed by atoms with Crippen LogP contribution in [0.4, 0.5) is 4.39 Å².